The fraction of sp³-hybridized carbons (Fsp3) is 0.208. The molecule has 0 bridgehead atoms. The third kappa shape index (κ3) is 4.42. The smallest absolute Gasteiger partial charge is 0.229 e. The van der Waals surface area contributed by atoms with Crippen LogP contribution in [0.5, 0.6) is 0 Å². The van der Waals surface area contributed by atoms with E-state index in [1.165, 1.54) is 4.90 Å². The van der Waals surface area contributed by atoms with Crippen molar-refractivity contribution in [3.63, 3.8) is 0 Å². The number of rotatable bonds is 6. The summed E-state index contributed by atoms with van der Waals surface area (Å²) in [6.45, 7) is 4.38. The first kappa shape index (κ1) is 20.8. The van der Waals surface area contributed by atoms with E-state index >= 15 is 0 Å². The number of carbonyl (C=O) groups is 1. The highest BCUT2D eigenvalue weighted by atomic mass is 32.2. The average molecular weight is 462 g/mol. The Morgan fingerprint density at radius 1 is 1.06 bits per heavy atom. The van der Waals surface area contributed by atoms with Gasteiger partial charge in [-0.15, -0.1) is 23.1 Å². The van der Waals surface area contributed by atoms with Gasteiger partial charge in [0, 0.05) is 27.9 Å². The Hall–Kier alpha value is -3.10. The normalized spacial score (nSPS) is 13.2. The molecule has 0 aliphatic carbocycles. The van der Waals surface area contributed by atoms with Crippen LogP contribution in [0.25, 0.3) is 10.2 Å². The number of nitrogens with zero attached hydrogens (tertiary/aromatic N) is 2. The van der Waals surface area contributed by atoms with Crippen molar-refractivity contribution in [2.75, 3.05) is 16.0 Å². The fourth-order valence-corrected chi connectivity index (χ4v) is 5.34. The predicted octanol–water partition coefficient (Wildman–Crippen LogP) is 6.56. The number of hydrogen-bond acceptors (Lipinski definition) is 7. The van der Waals surface area contributed by atoms with E-state index in [4.69, 9.17) is 9.97 Å². The third-order valence-electron chi connectivity index (χ3n) is 5.06. The van der Waals surface area contributed by atoms with E-state index in [0.717, 1.165) is 45.1 Å². The molecule has 0 fully saturated rings. The molecule has 0 spiro atoms. The quantitative estimate of drug-likeness (QED) is 0.282. The minimum atomic E-state index is 0.0658. The molecule has 0 atom stereocenters. The Balaban J connectivity index is 1.46. The number of carbonyl (C=O) groups excluding carboxylic acids is 1. The molecule has 8 heteroatoms. The molecule has 32 heavy (non-hydrogen) atoms. The molecule has 162 valence electrons. The lowest BCUT2D eigenvalue weighted by Crippen LogP contribution is -2.18. The molecule has 1 aliphatic heterocycles. The highest BCUT2D eigenvalue weighted by Gasteiger charge is 2.16. The van der Waals surface area contributed by atoms with Crippen molar-refractivity contribution in [2.24, 2.45) is 0 Å². The minimum Gasteiger partial charge on any atom is -0.338 e. The molecule has 3 heterocycles. The summed E-state index contributed by atoms with van der Waals surface area (Å²) in [6, 6.07) is 16.2. The van der Waals surface area contributed by atoms with Gasteiger partial charge in [0.15, 0.2) is 5.82 Å². The van der Waals surface area contributed by atoms with Gasteiger partial charge in [0.25, 0.3) is 0 Å². The number of amides is 1. The van der Waals surface area contributed by atoms with Crippen molar-refractivity contribution in [2.45, 2.75) is 36.8 Å². The summed E-state index contributed by atoms with van der Waals surface area (Å²) in [6.07, 6.45) is 1.24. The Labute approximate surface area is 194 Å². The van der Waals surface area contributed by atoms with Gasteiger partial charge in [0.05, 0.1) is 15.9 Å². The zero-order valence-electron chi connectivity index (χ0n) is 17.8. The van der Waals surface area contributed by atoms with E-state index in [9.17, 15) is 4.79 Å². The summed E-state index contributed by atoms with van der Waals surface area (Å²) >= 11 is 3.45. The molecule has 2 aromatic heterocycles. The predicted molar refractivity (Wildman–Crippen MR) is 135 cm³/mol. The molecule has 0 saturated heterocycles. The van der Waals surface area contributed by atoms with Crippen LogP contribution in [0.15, 0.2) is 58.8 Å². The van der Waals surface area contributed by atoms with Gasteiger partial charge >= 0.3 is 0 Å². The lowest BCUT2D eigenvalue weighted by molar-refractivity contribution is -0.116. The van der Waals surface area contributed by atoms with Gasteiger partial charge in [-0.05, 0) is 53.8 Å². The summed E-state index contributed by atoms with van der Waals surface area (Å²) in [5, 5.41) is 12.3. The van der Waals surface area contributed by atoms with E-state index in [1.54, 1.807) is 11.3 Å². The van der Waals surface area contributed by atoms with Gasteiger partial charge in [-0.3, -0.25) is 4.79 Å². The van der Waals surface area contributed by atoms with Crippen LogP contribution >= 0.6 is 23.1 Å². The minimum absolute atomic E-state index is 0.0658. The number of aromatic nitrogens is 2. The maximum absolute atomic E-state index is 11.6. The van der Waals surface area contributed by atoms with Crippen molar-refractivity contribution in [1.82, 2.24) is 9.97 Å². The number of anilines is 5. The van der Waals surface area contributed by atoms with E-state index in [1.807, 2.05) is 41.4 Å². The molecule has 2 aromatic carbocycles. The molecule has 6 nitrogen and oxygen atoms in total. The van der Waals surface area contributed by atoms with Crippen molar-refractivity contribution >= 4 is 68.1 Å². The van der Waals surface area contributed by atoms with Crippen LogP contribution in [0.2, 0.25) is 0 Å². The lowest BCUT2D eigenvalue weighted by Gasteiger charge is -2.18. The number of fused-ring (bicyclic) bond motifs is 2. The molecular formula is C24H23N5OS2. The first-order valence-electron chi connectivity index (χ1n) is 10.5. The SMILES string of the molecule is CC(C)Sc1ccccc1Nc1nc(Nc2ccc3c(c2)CCC(=O)N3)nc2ccsc12. The molecule has 5 rings (SSSR count). The number of thioether (sulfide) groups is 1. The monoisotopic (exact) mass is 461 g/mol. The fourth-order valence-electron chi connectivity index (χ4n) is 3.65. The van der Waals surface area contributed by atoms with Crippen LogP contribution in [-0.2, 0) is 11.2 Å². The van der Waals surface area contributed by atoms with Crippen LogP contribution in [0.4, 0.5) is 28.8 Å². The number of hydrogen-bond donors (Lipinski definition) is 3. The summed E-state index contributed by atoms with van der Waals surface area (Å²) in [7, 11) is 0. The van der Waals surface area contributed by atoms with Crippen molar-refractivity contribution in [3.05, 3.63) is 59.5 Å². The molecule has 1 aliphatic rings. The first-order chi connectivity index (χ1) is 15.5. The number of aryl methyl sites for hydroxylation is 1. The Morgan fingerprint density at radius 2 is 1.94 bits per heavy atom. The lowest BCUT2D eigenvalue weighted by atomic mass is 10.0. The summed E-state index contributed by atoms with van der Waals surface area (Å²) in [5.74, 6) is 1.39. The number of thiophene rings is 1. The van der Waals surface area contributed by atoms with Crippen LogP contribution in [0.1, 0.15) is 25.8 Å². The summed E-state index contributed by atoms with van der Waals surface area (Å²) in [5.41, 5.74) is 4.83. The van der Waals surface area contributed by atoms with Crippen LogP contribution in [0, 0.1) is 0 Å². The zero-order chi connectivity index (χ0) is 22.1. The van der Waals surface area contributed by atoms with Gasteiger partial charge in [-0.25, -0.2) is 4.98 Å². The van der Waals surface area contributed by atoms with Crippen molar-refractivity contribution < 1.29 is 4.79 Å². The molecule has 0 radical (unpaired) electrons. The molecule has 3 N–H and O–H groups in total. The largest absolute Gasteiger partial charge is 0.338 e. The van der Waals surface area contributed by atoms with E-state index in [2.05, 4.69) is 54.1 Å². The molecular weight excluding hydrogens is 438 g/mol. The van der Waals surface area contributed by atoms with Crippen LogP contribution in [-0.4, -0.2) is 21.1 Å². The molecule has 0 saturated carbocycles. The maximum Gasteiger partial charge on any atom is 0.229 e. The molecule has 4 aromatic rings. The molecule has 0 unspecified atom stereocenters. The van der Waals surface area contributed by atoms with E-state index in [-0.39, 0.29) is 5.91 Å². The van der Waals surface area contributed by atoms with Gasteiger partial charge in [-0.2, -0.15) is 4.98 Å². The molecule has 1 amide bonds. The second kappa shape index (κ2) is 8.80. The first-order valence-corrected chi connectivity index (χ1v) is 12.3. The van der Waals surface area contributed by atoms with E-state index in [0.29, 0.717) is 17.6 Å². The van der Waals surface area contributed by atoms with Gasteiger partial charge in [0.1, 0.15) is 0 Å². The number of para-hydroxylation sites is 1. The van der Waals surface area contributed by atoms with Gasteiger partial charge < -0.3 is 16.0 Å². The summed E-state index contributed by atoms with van der Waals surface area (Å²) < 4.78 is 1.02. The Bertz CT molecular complexity index is 1300. The number of nitrogens with one attached hydrogen (secondary N) is 3. The maximum atomic E-state index is 11.6. The van der Waals surface area contributed by atoms with Gasteiger partial charge in [0.2, 0.25) is 11.9 Å². The Kier molecular flexibility index (Phi) is 5.71. The second-order valence-corrected chi connectivity index (χ2v) is 10.4. The zero-order valence-corrected chi connectivity index (χ0v) is 19.4. The Morgan fingerprint density at radius 3 is 2.81 bits per heavy atom. The van der Waals surface area contributed by atoms with Gasteiger partial charge in [-0.1, -0.05) is 26.0 Å². The third-order valence-corrected chi connectivity index (χ3v) is 7.05. The highest BCUT2D eigenvalue weighted by molar-refractivity contribution is 8.00. The second-order valence-electron chi connectivity index (χ2n) is 7.86. The number of benzene rings is 2. The topological polar surface area (TPSA) is 78.9 Å². The summed E-state index contributed by atoms with van der Waals surface area (Å²) in [4.78, 5) is 22.3. The van der Waals surface area contributed by atoms with Crippen LogP contribution in [0.3, 0.4) is 0 Å². The van der Waals surface area contributed by atoms with Crippen molar-refractivity contribution in [3.8, 4) is 0 Å². The van der Waals surface area contributed by atoms with Crippen molar-refractivity contribution in [1.29, 1.82) is 0 Å². The standard InChI is InChI=1S/C24H23N5OS2/c1-14(2)32-20-6-4-3-5-18(20)27-23-22-19(11-12-31-22)28-24(29-23)25-16-8-9-17-15(13-16)7-10-21(30)26-17/h3-6,8-9,11-14H,7,10H2,1-2H3,(H,26,30)(H2,25,27,28,29). The van der Waals surface area contributed by atoms with Crippen LogP contribution < -0.4 is 16.0 Å². The highest BCUT2D eigenvalue weighted by Crippen LogP contribution is 2.35. The average Bonchev–Trinajstić information content (AvgIpc) is 3.24. The van der Waals surface area contributed by atoms with E-state index < -0.39 is 0 Å².